The number of hydrogen-bond donors (Lipinski definition) is 1. The summed E-state index contributed by atoms with van der Waals surface area (Å²) in [5.74, 6) is 1.37. The Labute approximate surface area is 257 Å². The molecule has 3 aromatic rings. The van der Waals surface area contributed by atoms with Gasteiger partial charge < -0.3 is 19.5 Å². The summed E-state index contributed by atoms with van der Waals surface area (Å²) >= 11 is 0. The van der Waals surface area contributed by atoms with Crippen LogP contribution in [0, 0.1) is 18.7 Å². The first kappa shape index (κ1) is 31.6. The predicted octanol–water partition coefficient (Wildman–Crippen LogP) is 5.82. The second-order valence-corrected chi connectivity index (χ2v) is 13.5. The van der Waals surface area contributed by atoms with Gasteiger partial charge in [0.25, 0.3) is 5.91 Å². The van der Waals surface area contributed by atoms with Crippen LogP contribution >= 0.6 is 0 Å². The van der Waals surface area contributed by atoms with Crippen molar-refractivity contribution in [1.82, 2.24) is 29.4 Å². The number of amides is 1. The van der Waals surface area contributed by atoms with Crippen molar-refractivity contribution in [1.29, 1.82) is 0 Å². The summed E-state index contributed by atoms with van der Waals surface area (Å²) in [5, 5.41) is 3.45. The molecule has 0 spiro atoms. The van der Waals surface area contributed by atoms with Gasteiger partial charge in [0.05, 0.1) is 17.3 Å². The molecule has 0 unspecified atom stereocenters. The van der Waals surface area contributed by atoms with Gasteiger partial charge in [0, 0.05) is 75.1 Å². The number of likely N-dealkylation sites (tertiary alicyclic amines) is 1. The summed E-state index contributed by atoms with van der Waals surface area (Å²) in [4.78, 5) is 25.6. The second kappa shape index (κ2) is 13.4. The number of nitrogens with one attached hydrogen (secondary N) is 1. The number of hydrogen-bond acceptors (Lipinski definition) is 5. The van der Waals surface area contributed by atoms with E-state index >= 15 is 0 Å². The Morgan fingerprint density at radius 1 is 1.05 bits per heavy atom. The van der Waals surface area contributed by atoms with Crippen molar-refractivity contribution in [2.75, 3.05) is 45.8 Å². The molecule has 2 saturated heterocycles. The quantitative estimate of drug-likeness (QED) is 0.305. The van der Waals surface area contributed by atoms with Crippen molar-refractivity contribution in [3.63, 3.8) is 0 Å². The lowest BCUT2D eigenvalue weighted by molar-refractivity contribution is 0.0565. The molecule has 2 aliphatic rings. The maximum atomic E-state index is 14.7. The van der Waals surface area contributed by atoms with Gasteiger partial charge in [-0.3, -0.25) is 9.69 Å². The Bertz CT molecular complexity index is 1390. The van der Waals surface area contributed by atoms with E-state index in [9.17, 15) is 9.18 Å². The van der Waals surface area contributed by atoms with Crippen molar-refractivity contribution in [3.05, 3.63) is 59.4 Å². The van der Waals surface area contributed by atoms with Gasteiger partial charge in [0.2, 0.25) is 0 Å². The molecule has 2 fully saturated rings. The molecule has 0 bridgehead atoms. The van der Waals surface area contributed by atoms with E-state index in [1.165, 1.54) is 37.1 Å². The number of imidazole rings is 1. The first-order valence-corrected chi connectivity index (χ1v) is 16.3. The summed E-state index contributed by atoms with van der Waals surface area (Å²) in [5.41, 5.74) is 4.28. The standard InChI is InChI=1S/C35H51FN6O/c1-23(2)33(9-8-14-39-15-12-37-13-16-39)40-20-28(21-40)27-17-31(34-19-38-26(7)41(34)22-27)30-11-10-29(36)18-32(30)35(43)42(24(3)4)25(5)6/h10-11,17-19,22-25,28,33,37H,8-9,12-16,20-21H2,1-7H3/t33-/m1/s1. The molecule has 4 heterocycles. The smallest absolute Gasteiger partial charge is 0.255 e. The van der Waals surface area contributed by atoms with E-state index in [1.54, 1.807) is 6.07 Å². The number of nitrogens with zero attached hydrogens (tertiary/aromatic N) is 5. The zero-order valence-corrected chi connectivity index (χ0v) is 27.2. The zero-order valence-electron chi connectivity index (χ0n) is 27.2. The molecule has 1 N–H and O–H groups in total. The van der Waals surface area contributed by atoms with E-state index in [2.05, 4.69) is 50.6 Å². The van der Waals surface area contributed by atoms with Gasteiger partial charge >= 0.3 is 0 Å². The van der Waals surface area contributed by atoms with Crippen molar-refractivity contribution in [2.24, 2.45) is 5.92 Å². The van der Waals surface area contributed by atoms with E-state index < -0.39 is 5.82 Å². The van der Waals surface area contributed by atoms with Gasteiger partial charge in [-0.05, 0) is 89.2 Å². The predicted molar refractivity (Wildman–Crippen MR) is 173 cm³/mol. The third-order valence-electron chi connectivity index (χ3n) is 9.50. The molecule has 0 aliphatic carbocycles. The average Bonchev–Trinajstić information content (AvgIpc) is 3.31. The minimum Gasteiger partial charge on any atom is -0.334 e. The van der Waals surface area contributed by atoms with Crippen LogP contribution in [0.4, 0.5) is 4.39 Å². The second-order valence-electron chi connectivity index (χ2n) is 13.5. The Hall–Kier alpha value is -2.81. The molecule has 8 heteroatoms. The largest absolute Gasteiger partial charge is 0.334 e. The van der Waals surface area contributed by atoms with Gasteiger partial charge in [-0.1, -0.05) is 19.9 Å². The number of piperazine rings is 1. The third kappa shape index (κ3) is 6.81. The van der Waals surface area contributed by atoms with E-state index in [4.69, 9.17) is 0 Å². The Morgan fingerprint density at radius 3 is 2.40 bits per heavy atom. The number of halogens is 1. The monoisotopic (exact) mass is 590 g/mol. The van der Waals surface area contributed by atoms with Crippen LogP contribution in [0.2, 0.25) is 0 Å². The fraction of sp³-hybridized carbons (Fsp3) is 0.600. The molecule has 43 heavy (non-hydrogen) atoms. The number of carbonyl (C=O) groups excluding carboxylic acids is 1. The lowest BCUT2D eigenvalue weighted by Gasteiger charge is -2.46. The molecular formula is C35H51FN6O. The molecule has 2 aromatic heterocycles. The normalized spacial score (nSPS) is 17.7. The van der Waals surface area contributed by atoms with Crippen molar-refractivity contribution in [2.45, 2.75) is 85.4 Å². The first-order chi connectivity index (χ1) is 20.5. The van der Waals surface area contributed by atoms with Crippen LogP contribution in [0.15, 0.2) is 36.7 Å². The van der Waals surface area contributed by atoms with Crippen LogP contribution in [-0.4, -0.2) is 93.9 Å². The van der Waals surface area contributed by atoms with Crippen LogP contribution in [0.25, 0.3) is 16.6 Å². The van der Waals surface area contributed by atoms with Crippen molar-refractivity contribution in [3.8, 4) is 11.1 Å². The van der Waals surface area contributed by atoms with Crippen molar-refractivity contribution >= 4 is 11.4 Å². The number of fused-ring (bicyclic) bond motifs is 1. The van der Waals surface area contributed by atoms with Crippen molar-refractivity contribution < 1.29 is 9.18 Å². The highest BCUT2D eigenvalue weighted by Gasteiger charge is 2.35. The maximum absolute atomic E-state index is 14.7. The summed E-state index contributed by atoms with van der Waals surface area (Å²) < 4.78 is 16.8. The molecule has 234 valence electrons. The van der Waals surface area contributed by atoms with Gasteiger partial charge in [-0.25, -0.2) is 9.37 Å². The van der Waals surface area contributed by atoms with Gasteiger partial charge in [0.15, 0.2) is 0 Å². The number of benzene rings is 1. The fourth-order valence-electron chi connectivity index (χ4n) is 7.20. The summed E-state index contributed by atoms with van der Waals surface area (Å²) in [6, 6.07) is 7.44. The Balaban J connectivity index is 1.40. The zero-order chi connectivity index (χ0) is 30.8. The van der Waals surface area contributed by atoms with E-state index in [-0.39, 0.29) is 18.0 Å². The third-order valence-corrected chi connectivity index (χ3v) is 9.50. The molecule has 1 atom stereocenters. The number of aryl methyl sites for hydroxylation is 1. The number of rotatable bonds is 11. The van der Waals surface area contributed by atoms with E-state index in [1.807, 2.05) is 45.7 Å². The molecule has 0 saturated carbocycles. The average molecular weight is 591 g/mol. The molecular weight excluding hydrogens is 539 g/mol. The first-order valence-electron chi connectivity index (χ1n) is 16.3. The maximum Gasteiger partial charge on any atom is 0.255 e. The van der Waals surface area contributed by atoms with Gasteiger partial charge in [-0.15, -0.1) is 0 Å². The van der Waals surface area contributed by atoms with Crippen LogP contribution < -0.4 is 5.32 Å². The van der Waals surface area contributed by atoms with E-state index in [0.717, 1.165) is 61.7 Å². The minimum absolute atomic E-state index is 0.00101. The molecule has 1 amide bonds. The summed E-state index contributed by atoms with van der Waals surface area (Å²) in [6.07, 6.45) is 6.55. The highest BCUT2D eigenvalue weighted by Crippen LogP contribution is 2.37. The Morgan fingerprint density at radius 2 is 1.74 bits per heavy atom. The molecule has 0 radical (unpaired) electrons. The van der Waals surface area contributed by atoms with Crippen LogP contribution in [0.1, 0.15) is 82.0 Å². The van der Waals surface area contributed by atoms with Crippen LogP contribution in [-0.2, 0) is 0 Å². The topological polar surface area (TPSA) is 56.1 Å². The van der Waals surface area contributed by atoms with Gasteiger partial charge in [-0.2, -0.15) is 0 Å². The van der Waals surface area contributed by atoms with E-state index in [0.29, 0.717) is 23.4 Å². The molecule has 1 aromatic carbocycles. The fourth-order valence-corrected chi connectivity index (χ4v) is 7.20. The SMILES string of the molecule is Cc1ncc2c(-c3ccc(F)cc3C(=O)N(C(C)C)C(C)C)cc(C3CN([C@H](CCCN4CCNCC4)C(C)C)C3)cn12. The highest BCUT2D eigenvalue weighted by molar-refractivity contribution is 6.03. The lowest BCUT2D eigenvalue weighted by atomic mass is 9.85. The summed E-state index contributed by atoms with van der Waals surface area (Å²) in [6.45, 7) is 22.5. The molecule has 2 aliphatic heterocycles. The lowest BCUT2D eigenvalue weighted by Crippen LogP contribution is -2.52. The molecule has 7 nitrogen and oxygen atoms in total. The number of pyridine rings is 1. The Kier molecular flexibility index (Phi) is 9.89. The number of aromatic nitrogens is 2. The van der Waals surface area contributed by atoms with Crippen LogP contribution in [0.5, 0.6) is 0 Å². The minimum atomic E-state index is -0.400. The highest BCUT2D eigenvalue weighted by atomic mass is 19.1. The number of carbonyl (C=O) groups is 1. The summed E-state index contributed by atoms with van der Waals surface area (Å²) in [7, 11) is 0. The van der Waals surface area contributed by atoms with Crippen LogP contribution in [0.3, 0.4) is 0 Å². The van der Waals surface area contributed by atoms with Gasteiger partial charge in [0.1, 0.15) is 11.6 Å². The molecule has 5 rings (SSSR count).